The van der Waals surface area contributed by atoms with Crippen molar-refractivity contribution in [2.45, 2.75) is 19.3 Å². The smallest absolute Gasteiger partial charge is 0.194 e. The van der Waals surface area contributed by atoms with Crippen LogP contribution in [0.15, 0.2) is 12.1 Å². The minimum atomic E-state index is -0.801. The van der Waals surface area contributed by atoms with E-state index in [4.69, 9.17) is 10.8 Å². The zero-order valence-electron chi connectivity index (χ0n) is 7.83. The monoisotopic (exact) mass is 199 g/mol. The summed E-state index contributed by atoms with van der Waals surface area (Å²) in [6, 6.07) is 2.62. The first kappa shape index (κ1) is 10.8. The summed E-state index contributed by atoms with van der Waals surface area (Å²) in [5, 5.41) is 18.5. The maximum Gasteiger partial charge on any atom is 0.194 e. The minimum Gasteiger partial charge on any atom is -0.504 e. The molecule has 0 spiro atoms. The molecule has 4 heteroatoms. The fourth-order valence-corrected chi connectivity index (χ4v) is 1.26. The molecule has 3 nitrogen and oxygen atoms in total. The van der Waals surface area contributed by atoms with Crippen molar-refractivity contribution in [2.24, 2.45) is 5.73 Å². The number of unbranched alkanes of at least 4 members (excludes halogenated alkanes) is 1. The molecule has 0 saturated carbocycles. The molecule has 0 aromatic heterocycles. The fourth-order valence-electron chi connectivity index (χ4n) is 1.26. The second-order valence-corrected chi connectivity index (χ2v) is 3.15. The Labute approximate surface area is 82.0 Å². The summed E-state index contributed by atoms with van der Waals surface area (Å²) < 4.78 is 12.7. The van der Waals surface area contributed by atoms with E-state index in [1.807, 2.05) is 0 Å². The molecule has 78 valence electrons. The normalized spacial score (nSPS) is 10.4. The lowest BCUT2D eigenvalue weighted by Gasteiger charge is -2.06. The zero-order valence-corrected chi connectivity index (χ0v) is 7.83. The van der Waals surface area contributed by atoms with Crippen LogP contribution in [-0.2, 0) is 6.42 Å². The lowest BCUT2D eigenvalue weighted by Crippen LogP contribution is -1.99. The second kappa shape index (κ2) is 4.81. The van der Waals surface area contributed by atoms with Crippen LogP contribution < -0.4 is 5.73 Å². The van der Waals surface area contributed by atoms with Crippen molar-refractivity contribution >= 4 is 0 Å². The average molecular weight is 199 g/mol. The first-order valence-corrected chi connectivity index (χ1v) is 4.56. The molecule has 0 heterocycles. The van der Waals surface area contributed by atoms with Crippen LogP contribution in [0.25, 0.3) is 0 Å². The number of rotatable bonds is 4. The van der Waals surface area contributed by atoms with Crippen molar-refractivity contribution in [1.29, 1.82) is 0 Å². The summed E-state index contributed by atoms with van der Waals surface area (Å²) >= 11 is 0. The molecule has 0 aliphatic heterocycles. The molecule has 0 aliphatic carbocycles. The van der Waals surface area contributed by atoms with E-state index in [0.29, 0.717) is 18.5 Å². The number of phenolic OH excluding ortho intramolecular Hbond substituents is 2. The van der Waals surface area contributed by atoms with E-state index in [-0.39, 0.29) is 5.75 Å². The number of hydrogen-bond donors (Lipinski definition) is 3. The number of halogens is 1. The van der Waals surface area contributed by atoms with Gasteiger partial charge in [0.2, 0.25) is 0 Å². The third-order valence-electron chi connectivity index (χ3n) is 2.09. The molecule has 0 atom stereocenters. The lowest BCUT2D eigenvalue weighted by atomic mass is 10.1. The van der Waals surface area contributed by atoms with Crippen molar-refractivity contribution in [1.82, 2.24) is 0 Å². The van der Waals surface area contributed by atoms with Crippen molar-refractivity contribution in [3.8, 4) is 11.5 Å². The van der Waals surface area contributed by atoms with Gasteiger partial charge in [0.15, 0.2) is 17.3 Å². The SMILES string of the molecule is NCCCCc1ccc(F)c(O)c1O. The number of nitrogens with two attached hydrogens (primary N) is 1. The number of aryl methyl sites for hydroxylation is 1. The predicted octanol–water partition coefficient (Wildman–Crippen LogP) is 1.52. The largest absolute Gasteiger partial charge is 0.504 e. The quantitative estimate of drug-likeness (QED) is 0.508. The van der Waals surface area contributed by atoms with Gasteiger partial charge >= 0.3 is 0 Å². The highest BCUT2D eigenvalue weighted by Crippen LogP contribution is 2.32. The van der Waals surface area contributed by atoms with Crippen LogP contribution in [0.2, 0.25) is 0 Å². The van der Waals surface area contributed by atoms with Gasteiger partial charge in [-0.05, 0) is 37.4 Å². The standard InChI is InChI=1S/C10H14FNO2/c11-8-5-4-7(3-1-2-6-12)9(13)10(8)14/h4-5,13-14H,1-3,6,12H2. The number of hydrogen-bond acceptors (Lipinski definition) is 3. The molecular weight excluding hydrogens is 185 g/mol. The van der Waals surface area contributed by atoms with Crippen molar-refractivity contribution in [2.75, 3.05) is 6.54 Å². The Morgan fingerprint density at radius 3 is 2.50 bits per heavy atom. The van der Waals surface area contributed by atoms with Gasteiger partial charge in [-0.2, -0.15) is 0 Å². The van der Waals surface area contributed by atoms with Gasteiger partial charge in [-0.3, -0.25) is 0 Å². The van der Waals surface area contributed by atoms with Crippen LogP contribution in [0.1, 0.15) is 18.4 Å². The van der Waals surface area contributed by atoms with E-state index in [9.17, 15) is 9.50 Å². The lowest BCUT2D eigenvalue weighted by molar-refractivity contribution is 0.375. The highest BCUT2D eigenvalue weighted by molar-refractivity contribution is 5.45. The van der Waals surface area contributed by atoms with E-state index in [2.05, 4.69) is 0 Å². The predicted molar refractivity (Wildman–Crippen MR) is 51.7 cm³/mol. The van der Waals surface area contributed by atoms with Gasteiger partial charge in [-0.15, -0.1) is 0 Å². The molecule has 1 rings (SSSR count). The number of benzene rings is 1. The third-order valence-corrected chi connectivity index (χ3v) is 2.09. The van der Waals surface area contributed by atoms with Crippen LogP contribution in [-0.4, -0.2) is 16.8 Å². The van der Waals surface area contributed by atoms with Crippen LogP contribution in [0.3, 0.4) is 0 Å². The topological polar surface area (TPSA) is 66.5 Å². The van der Waals surface area contributed by atoms with E-state index < -0.39 is 11.6 Å². The molecule has 1 aromatic rings. The maximum absolute atomic E-state index is 12.7. The van der Waals surface area contributed by atoms with Crippen molar-refractivity contribution in [3.05, 3.63) is 23.5 Å². The molecule has 0 unspecified atom stereocenters. The number of phenols is 2. The van der Waals surface area contributed by atoms with Gasteiger partial charge in [0.1, 0.15) is 0 Å². The molecule has 0 bridgehead atoms. The summed E-state index contributed by atoms with van der Waals surface area (Å²) in [6.07, 6.45) is 2.25. The van der Waals surface area contributed by atoms with E-state index in [0.717, 1.165) is 18.9 Å². The average Bonchev–Trinajstić information content (AvgIpc) is 2.18. The van der Waals surface area contributed by atoms with Crippen molar-refractivity contribution in [3.63, 3.8) is 0 Å². The van der Waals surface area contributed by atoms with Gasteiger partial charge in [0.05, 0.1) is 0 Å². The second-order valence-electron chi connectivity index (χ2n) is 3.15. The highest BCUT2D eigenvalue weighted by Gasteiger charge is 2.10. The Hall–Kier alpha value is -1.29. The number of aromatic hydroxyl groups is 2. The molecule has 0 fully saturated rings. The first-order chi connectivity index (χ1) is 6.66. The van der Waals surface area contributed by atoms with E-state index in [1.165, 1.54) is 6.07 Å². The van der Waals surface area contributed by atoms with Crippen LogP contribution in [0.4, 0.5) is 4.39 Å². The zero-order chi connectivity index (χ0) is 10.6. The van der Waals surface area contributed by atoms with Crippen LogP contribution in [0, 0.1) is 5.82 Å². The molecule has 0 amide bonds. The maximum atomic E-state index is 12.7. The first-order valence-electron chi connectivity index (χ1n) is 4.56. The molecule has 0 radical (unpaired) electrons. The molecule has 0 aliphatic rings. The third kappa shape index (κ3) is 2.35. The Kier molecular flexibility index (Phi) is 3.71. The summed E-state index contributed by atoms with van der Waals surface area (Å²) in [5.74, 6) is -1.83. The Balaban J connectivity index is 2.73. The van der Waals surface area contributed by atoms with E-state index >= 15 is 0 Å². The molecular formula is C10H14FNO2. The minimum absolute atomic E-state index is 0.359. The highest BCUT2D eigenvalue weighted by atomic mass is 19.1. The van der Waals surface area contributed by atoms with Gasteiger partial charge in [0, 0.05) is 0 Å². The molecule has 1 aromatic carbocycles. The summed E-state index contributed by atoms with van der Waals surface area (Å²) in [7, 11) is 0. The van der Waals surface area contributed by atoms with Gasteiger partial charge in [-0.25, -0.2) is 4.39 Å². The Bertz CT molecular complexity index is 315. The molecule has 14 heavy (non-hydrogen) atoms. The van der Waals surface area contributed by atoms with Gasteiger partial charge in [-0.1, -0.05) is 6.07 Å². The van der Waals surface area contributed by atoms with Gasteiger partial charge in [0.25, 0.3) is 0 Å². The Morgan fingerprint density at radius 1 is 1.14 bits per heavy atom. The summed E-state index contributed by atoms with van der Waals surface area (Å²) in [4.78, 5) is 0. The van der Waals surface area contributed by atoms with Crippen LogP contribution in [0.5, 0.6) is 11.5 Å². The summed E-state index contributed by atoms with van der Waals surface area (Å²) in [5.41, 5.74) is 5.87. The Morgan fingerprint density at radius 2 is 1.86 bits per heavy atom. The van der Waals surface area contributed by atoms with E-state index in [1.54, 1.807) is 0 Å². The fraction of sp³-hybridized carbons (Fsp3) is 0.400. The van der Waals surface area contributed by atoms with Crippen LogP contribution >= 0.6 is 0 Å². The molecule has 4 N–H and O–H groups in total. The summed E-state index contributed by atoms with van der Waals surface area (Å²) in [6.45, 7) is 0.591. The van der Waals surface area contributed by atoms with Gasteiger partial charge < -0.3 is 15.9 Å². The molecule has 0 saturated heterocycles. The van der Waals surface area contributed by atoms with Crippen molar-refractivity contribution < 1.29 is 14.6 Å².